The summed E-state index contributed by atoms with van der Waals surface area (Å²) < 4.78 is 3.04. The second-order valence-corrected chi connectivity index (χ2v) is 13.0. The molecule has 0 bridgehead atoms. The predicted molar refractivity (Wildman–Crippen MR) is 124 cm³/mol. The van der Waals surface area contributed by atoms with Crippen LogP contribution >= 0.6 is 16.1 Å². The molecule has 0 saturated carbocycles. The standard InChI is InChI=1S/C24H35NP2/c1-4-7-20-25(26(5-2)6-3)27-23(21-14-10-8-11-15-21)18-19-24(27)22-16-12-9-13-17-22/h8-17,23-24H,4-7,18-20H2,1-3H3/t23-,24-/m0/s1. The van der Waals surface area contributed by atoms with Gasteiger partial charge in [-0.25, -0.2) is 0 Å². The van der Waals surface area contributed by atoms with Crippen LogP contribution in [0.5, 0.6) is 0 Å². The Morgan fingerprint density at radius 2 is 1.30 bits per heavy atom. The number of hydrogen-bond donors (Lipinski definition) is 0. The maximum atomic E-state index is 3.04. The highest BCUT2D eigenvalue weighted by atomic mass is 31.2. The minimum atomic E-state index is -0.188. The van der Waals surface area contributed by atoms with Gasteiger partial charge in [0, 0.05) is 17.9 Å². The van der Waals surface area contributed by atoms with Crippen molar-refractivity contribution in [1.82, 2.24) is 4.44 Å². The molecule has 2 aromatic rings. The van der Waals surface area contributed by atoms with Crippen molar-refractivity contribution in [3.63, 3.8) is 0 Å². The zero-order chi connectivity index (χ0) is 19.1. The number of rotatable bonds is 9. The Morgan fingerprint density at radius 3 is 1.70 bits per heavy atom. The van der Waals surface area contributed by atoms with Crippen LogP contribution in [0.1, 0.15) is 68.9 Å². The van der Waals surface area contributed by atoms with Crippen molar-refractivity contribution in [1.29, 1.82) is 0 Å². The SMILES string of the molecule is CCCCN(P(CC)CC)P1[C@H](c2ccccc2)CC[C@H]1c1ccccc1. The molecule has 1 fully saturated rings. The van der Waals surface area contributed by atoms with Gasteiger partial charge < -0.3 is 0 Å². The molecule has 146 valence electrons. The van der Waals surface area contributed by atoms with Crippen molar-refractivity contribution < 1.29 is 0 Å². The summed E-state index contributed by atoms with van der Waals surface area (Å²) >= 11 is 0. The second kappa shape index (κ2) is 10.7. The van der Waals surface area contributed by atoms with Crippen LogP contribution in [0.2, 0.25) is 0 Å². The minimum absolute atomic E-state index is 0.0141. The van der Waals surface area contributed by atoms with Gasteiger partial charge in [-0.2, -0.15) is 0 Å². The first kappa shape index (κ1) is 21.0. The zero-order valence-electron chi connectivity index (χ0n) is 17.2. The van der Waals surface area contributed by atoms with Crippen LogP contribution in [0.15, 0.2) is 60.7 Å². The third-order valence-corrected chi connectivity index (χ3v) is 12.6. The van der Waals surface area contributed by atoms with Gasteiger partial charge in [-0.05, 0) is 58.9 Å². The Labute approximate surface area is 169 Å². The van der Waals surface area contributed by atoms with Crippen molar-refractivity contribution in [2.75, 3.05) is 18.9 Å². The van der Waals surface area contributed by atoms with Gasteiger partial charge >= 0.3 is 0 Å². The van der Waals surface area contributed by atoms with E-state index in [0.29, 0.717) is 0 Å². The molecule has 27 heavy (non-hydrogen) atoms. The van der Waals surface area contributed by atoms with E-state index >= 15 is 0 Å². The van der Waals surface area contributed by atoms with Crippen LogP contribution in [-0.4, -0.2) is 23.3 Å². The van der Waals surface area contributed by atoms with E-state index in [-0.39, 0.29) is 16.1 Å². The van der Waals surface area contributed by atoms with Gasteiger partial charge in [0.25, 0.3) is 0 Å². The lowest BCUT2D eigenvalue weighted by molar-refractivity contribution is 0.625. The topological polar surface area (TPSA) is 3.24 Å². The molecule has 0 N–H and O–H groups in total. The van der Waals surface area contributed by atoms with Crippen molar-refractivity contribution in [2.45, 2.75) is 57.8 Å². The van der Waals surface area contributed by atoms with Crippen molar-refractivity contribution >= 4 is 16.1 Å². The molecule has 0 aromatic heterocycles. The average molecular weight is 399 g/mol. The van der Waals surface area contributed by atoms with E-state index in [4.69, 9.17) is 0 Å². The summed E-state index contributed by atoms with van der Waals surface area (Å²) in [6, 6.07) is 22.8. The maximum Gasteiger partial charge on any atom is 0.0183 e. The van der Waals surface area contributed by atoms with E-state index in [1.807, 2.05) is 0 Å². The fraction of sp³-hybridized carbons (Fsp3) is 0.500. The average Bonchev–Trinajstić information content (AvgIpc) is 3.17. The van der Waals surface area contributed by atoms with E-state index < -0.39 is 0 Å². The first-order valence-electron chi connectivity index (χ1n) is 10.7. The summed E-state index contributed by atoms with van der Waals surface area (Å²) in [5.41, 5.74) is 4.61. The van der Waals surface area contributed by atoms with Crippen molar-refractivity contribution in [3.8, 4) is 0 Å². The molecule has 1 saturated heterocycles. The summed E-state index contributed by atoms with van der Waals surface area (Å²) in [5.74, 6) is 0. The Hall–Kier alpha value is -0.740. The fourth-order valence-electron chi connectivity index (χ4n) is 4.36. The smallest absolute Gasteiger partial charge is 0.0183 e. The molecule has 0 spiro atoms. The quantitative estimate of drug-likeness (QED) is 0.384. The van der Waals surface area contributed by atoms with Gasteiger partial charge in [0.05, 0.1) is 0 Å². The van der Waals surface area contributed by atoms with Gasteiger partial charge in [0.1, 0.15) is 0 Å². The van der Waals surface area contributed by atoms with E-state index in [1.165, 1.54) is 44.6 Å². The number of benzene rings is 2. The second-order valence-electron chi connectivity index (χ2n) is 7.40. The van der Waals surface area contributed by atoms with Crippen LogP contribution in [0.3, 0.4) is 0 Å². The maximum absolute atomic E-state index is 3.04. The number of hydrogen-bond acceptors (Lipinski definition) is 1. The van der Waals surface area contributed by atoms with Crippen LogP contribution < -0.4 is 0 Å². The molecule has 1 nitrogen and oxygen atoms in total. The van der Waals surface area contributed by atoms with Crippen molar-refractivity contribution in [3.05, 3.63) is 71.8 Å². The lowest BCUT2D eigenvalue weighted by Crippen LogP contribution is -2.19. The Bertz CT molecular complexity index is 609. The monoisotopic (exact) mass is 399 g/mol. The molecule has 1 heterocycles. The Kier molecular flexibility index (Phi) is 8.32. The summed E-state index contributed by atoms with van der Waals surface area (Å²) in [4.78, 5) is 0. The lowest BCUT2D eigenvalue weighted by atomic mass is 10.0. The molecule has 3 heteroatoms. The Morgan fingerprint density at radius 1 is 0.815 bits per heavy atom. The third kappa shape index (κ3) is 5.00. The molecule has 0 aliphatic carbocycles. The van der Waals surface area contributed by atoms with Crippen LogP contribution in [0.25, 0.3) is 0 Å². The molecule has 2 aromatic carbocycles. The van der Waals surface area contributed by atoms with E-state index in [0.717, 1.165) is 11.3 Å². The first-order valence-corrected chi connectivity index (χ1v) is 13.8. The molecule has 1 aliphatic heterocycles. The van der Waals surface area contributed by atoms with Gasteiger partial charge in [-0.1, -0.05) is 87.9 Å². The molecule has 0 amide bonds. The molecule has 1 aliphatic rings. The van der Waals surface area contributed by atoms with Crippen LogP contribution in [0, 0.1) is 0 Å². The van der Waals surface area contributed by atoms with Crippen molar-refractivity contribution in [2.24, 2.45) is 0 Å². The summed E-state index contributed by atoms with van der Waals surface area (Å²) in [5, 5.41) is 0. The molecule has 0 radical (unpaired) electrons. The van der Waals surface area contributed by atoms with Crippen LogP contribution in [0.4, 0.5) is 0 Å². The van der Waals surface area contributed by atoms with Crippen LogP contribution in [-0.2, 0) is 0 Å². The number of nitrogens with zero attached hydrogens (tertiary/aromatic N) is 1. The highest BCUT2D eigenvalue weighted by molar-refractivity contribution is 7.70. The largest absolute Gasteiger partial charge is 0.259 e. The first-order chi connectivity index (χ1) is 13.3. The van der Waals surface area contributed by atoms with Gasteiger partial charge in [0.2, 0.25) is 0 Å². The van der Waals surface area contributed by atoms with E-state index in [9.17, 15) is 0 Å². The number of unbranched alkanes of at least 4 members (excludes halogenated alkanes) is 1. The normalized spacial score (nSPS) is 20.6. The lowest BCUT2D eigenvalue weighted by Gasteiger charge is -2.42. The highest BCUT2D eigenvalue weighted by Crippen LogP contribution is 2.76. The van der Waals surface area contributed by atoms with Gasteiger partial charge in [0.15, 0.2) is 0 Å². The zero-order valence-corrected chi connectivity index (χ0v) is 19.0. The predicted octanol–water partition coefficient (Wildman–Crippen LogP) is 8.20. The Balaban J connectivity index is 1.99. The van der Waals surface area contributed by atoms with E-state index in [1.54, 1.807) is 11.1 Å². The summed E-state index contributed by atoms with van der Waals surface area (Å²) in [7, 11) is -0.203. The van der Waals surface area contributed by atoms with Gasteiger partial charge in [-0.15, -0.1) is 0 Å². The van der Waals surface area contributed by atoms with Gasteiger partial charge in [-0.3, -0.25) is 4.44 Å². The molecule has 3 rings (SSSR count). The summed E-state index contributed by atoms with van der Waals surface area (Å²) in [6.07, 6.45) is 7.97. The molecule has 0 unspecified atom stereocenters. The molecular formula is C24H35NP2. The third-order valence-electron chi connectivity index (χ3n) is 5.76. The summed E-state index contributed by atoms with van der Waals surface area (Å²) in [6.45, 7) is 8.45. The van der Waals surface area contributed by atoms with E-state index in [2.05, 4.69) is 85.9 Å². The molecule has 2 atom stereocenters. The highest BCUT2D eigenvalue weighted by Gasteiger charge is 2.42. The molecular weight excluding hydrogens is 364 g/mol. The minimum Gasteiger partial charge on any atom is -0.259 e. The fourth-order valence-corrected chi connectivity index (χ4v) is 11.8.